The van der Waals surface area contributed by atoms with E-state index in [2.05, 4.69) is 31.5 Å². The van der Waals surface area contributed by atoms with Gasteiger partial charge in [0.25, 0.3) is 0 Å². The van der Waals surface area contributed by atoms with Crippen molar-refractivity contribution in [2.24, 2.45) is 0 Å². The zero-order valence-electron chi connectivity index (χ0n) is 11.1. The maximum atomic E-state index is 13.8. The maximum absolute atomic E-state index is 13.8. The second-order valence-electron chi connectivity index (χ2n) is 4.26. The Hall–Kier alpha value is -1.69. The second kappa shape index (κ2) is 6.17. The van der Waals surface area contributed by atoms with Crippen LogP contribution in [0.2, 0.25) is 0 Å². The van der Waals surface area contributed by atoms with Gasteiger partial charge >= 0.3 is 0 Å². The molecule has 0 aliphatic rings. The summed E-state index contributed by atoms with van der Waals surface area (Å²) in [4.78, 5) is 3.94. The molecule has 2 aromatic rings. The highest BCUT2D eigenvalue weighted by Crippen LogP contribution is 2.26. The van der Waals surface area contributed by atoms with Crippen LogP contribution in [0.3, 0.4) is 0 Å². The van der Waals surface area contributed by atoms with Gasteiger partial charge in [0.1, 0.15) is 0 Å². The molecule has 0 saturated carbocycles. The third-order valence-corrected chi connectivity index (χ3v) is 3.21. The van der Waals surface area contributed by atoms with Gasteiger partial charge in [-0.15, -0.1) is 0 Å². The van der Waals surface area contributed by atoms with Gasteiger partial charge in [0.05, 0.1) is 0 Å². The van der Waals surface area contributed by atoms with Crippen molar-refractivity contribution in [1.29, 1.82) is 0 Å². The predicted octanol–water partition coefficient (Wildman–Crippen LogP) is 4.61. The lowest BCUT2D eigenvalue weighted by Crippen LogP contribution is -2.06. The summed E-state index contributed by atoms with van der Waals surface area (Å²) in [6.45, 7) is 4.21. The molecule has 0 bridgehead atoms. The van der Waals surface area contributed by atoms with Crippen molar-refractivity contribution in [3.63, 3.8) is 0 Å². The molecule has 0 aliphatic heterocycles. The van der Waals surface area contributed by atoms with E-state index in [4.69, 9.17) is 0 Å². The number of nitrogens with one attached hydrogen (secondary N) is 2. The van der Waals surface area contributed by atoms with E-state index in [1.165, 1.54) is 0 Å². The zero-order valence-corrected chi connectivity index (χ0v) is 12.7. The van der Waals surface area contributed by atoms with Gasteiger partial charge in [0.15, 0.2) is 23.3 Å². The average molecular weight is 342 g/mol. The largest absolute Gasteiger partial charge is 0.368 e. The van der Waals surface area contributed by atoms with Gasteiger partial charge in [-0.2, -0.15) is 0 Å². The molecule has 0 amide bonds. The fourth-order valence-electron chi connectivity index (χ4n) is 1.74. The zero-order chi connectivity index (χ0) is 14.7. The Kier molecular flexibility index (Phi) is 4.54. The third kappa shape index (κ3) is 3.25. The van der Waals surface area contributed by atoms with Gasteiger partial charge in [0.2, 0.25) is 0 Å². The first kappa shape index (κ1) is 14.7. The molecule has 20 heavy (non-hydrogen) atoms. The molecule has 6 heteroatoms. The van der Waals surface area contributed by atoms with E-state index in [-0.39, 0.29) is 11.6 Å². The van der Waals surface area contributed by atoms with E-state index < -0.39 is 11.6 Å². The molecule has 2 N–H and O–H groups in total. The van der Waals surface area contributed by atoms with Crippen molar-refractivity contribution < 1.29 is 8.78 Å². The molecule has 0 fully saturated rings. The Morgan fingerprint density at radius 2 is 1.85 bits per heavy atom. The molecule has 1 aromatic carbocycles. The van der Waals surface area contributed by atoms with Crippen molar-refractivity contribution in [2.75, 3.05) is 17.2 Å². The van der Waals surface area contributed by atoms with E-state index in [1.54, 1.807) is 6.07 Å². The van der Waals surface area contributed by atoms with Crippen molar-refractivity contribution in [2.45, 2.75) is 13.8 Å². The summed E-state index contributed by atoms with van der Waals surface area (Å²) in [5.41, 5.74) is 1.64. The summed E-state index contributed by atoms with van der Waals surface area (Å²) in [6, 6.07) is 6.36. The number of nitrogens with zero attached hydrogens (tertiary/aromatic N) is 1. The smallest absolute Gasteiger partial charge is 0.169 e. The van der Waals surface area contributed by atoms with Crippen molar-refractivity contribution in [1.82, 2.24) is 4.98 Å². The highest BCUT2D eigenvalue weighted by molar-refractivity contribution is 9.10. The maximum Gasteiger partial charge on any atom is 0.169 e. The molecule has 0 saturated heterocycles. The lowest BCUT2D eigenvalue weighted by molar-refractivity contribution is 0.579. The molecule has 106 valence electrons. The van der Waals surface area contributed by atoms with Crippen LogP contribution in [0.15, 0.2) is 28.7 Å². The van der Waals surface area contributed by atoms with Crippen LogP contribution in [0, 0.1) is 18.6 Å². The first-order chi connectivity index (χ1) is 9.51. The Bertz CT molecular complexity index is 632. The Morgan fingerprint density at radius 1 is 1.15 bits per heavy atom. The number of rotatable bonds is 4. The quantitative estimate of drug-likeness (QED) is 0.852. The van der Waals surface area contributed by atoms with Gasteiger partial charge in [-0.25, -0.2) is 13.8 Å². The summed E-state index contributed by atoms with van der Waals surface area (Å²) in [6.07, 6.45) is 0. The summed E-state index contributed by atoms with van der Waals surface area (Å²) in [5.74, 6) is -1.41. The molecule has 3 nitrogen and oxygen atoms in total. The van der Waals surface area contributed by atoms with Crippen molar-refractivity contribution in [3.05, 3.63) is 45.9 Å². The van der Waals surface area contributed by atoms with E-state index in [0.29, 0.717) is 12.2 Å². The molecule has 0 atom stereocenters. The van der Waals surface area contributed by atoms with Gasteiger partial charge < -0.3 is 10.6 Å². The van der Waals surface area contributed by atoms with Crippen LogP contribution < -0.4 is 10.6 Å². The topological polar surface area (TPSA) is 37.0 Å². The van der Waals surface area contributed by atoms with Crippen LogP contribution in [0.1, 0.15) is 12.5 Å². The number of pyridine rings is 1. The number of aryl methyl sites for hydroxylation is 1. The SMILES string of the molecule is CCNc1nc(Nc2ccc(Br)cc2C)c(F)cc1F. The molecule has 2 rings (SSSR count). The lowest BCUT2D eigenvalue weighted by atomic mass is 10.2. The molecule has 0 aliphatic carbocycles. The number of hydrogen-bond acceptors (Lipinski definition) is 3. The first-order valence-electron chi connectivity index (χ1n) is 6.14. The van der Waals surface area contributed by atoms with Crippen LogP contribution in [-0.4, -0.2) is 11.5 Å². The van der Waals surface area contributed by atoms with Crippen LogP contribution >= 0.6 is 15.9 Å². The van der Waals surface area contributed by atoms with E-state index in [1.807, 2.05) is 26.0 Å². The third-order valence-electron chi connectivity index (χ3n) is 2.72. The van der Waals surface area contributed by atoms with Crippen LogP contribution in [-0.2, 0) is 0 Å². The molecule has 1 aromatic heterocycles. The molecular formula is C14H14BrF2N3. The van der Waals surface area contributed by atoms with Gasteiger partial charge in [-0.1, -0.05) is 15.9 Å². The average Bonchev–Trinajstić information content (AvgIpc) is 2.38. The molecule has 0 spiro atoms. The number of anilines is 3. The van der Waals surface area contributed by atoms with Gasteiger partial charge in [0, 0.05) is 22.8 Å². The standard InChI is InChI=1S/C14H14BrF2N3/c1-3-18-13-10(16)7-11(17)14(20-13)19-12-5-4-9(15)6-8(12)2/h4-7H,3H2,1-2H3,(H2,18,19,20). The monoisotopic (exact) mass is 341 g/mol. The number of benzene rings is 1. The minimum absolute atomic E-state index is 0.00669. The highest BCUT2D eigenvalue weighted by Gasteiger charge is 2.12. The molecule has 0 radical (unpaired) electrons. The fourth-order valence-corrected chi connectivity index (χ4v) is 2.22. The number of halogens is 3. The normalized spacial score (nSPS) is 10.4. The summed E-state index contributed by atoms with van der Waals surface area (Å²) in [5, 5.41) is 5.63. The predicted molar refractivity (Wildman–Crippen MR) is 80.5 cm³/mol. The molecule has 0 unspecified atom stereocenters. The molecular weight excluding hydrogens is 328 g/mol. The van der Waals surface area contributed by atoms with E-state index in [9.17, 15) is 8.78 Å². The minimum atomic E-state index is -0.730. The van der Waals surface area contributed by atoms with Crippen LogP contribution in [0.5, 0.6) is 0 Å². The van der Waals surface area contributed by atoms with Crippen LogP contribution in [0.25, 0.3) is 0 Å². The van der Waals surface area contributed by atoms with Crippen LogP contribution in [0.4, 0.5) is 26.1 Å². The highest BCUT2D eigenvalue weighted by atomic mass is 79.9. The fraction of sp³-hybridized carbons (Fsp3) is 0.214. The number of aromatic nitrogens is 1. The number of hydrogen-bond donors (Lipinski definition) is 2. The van der Waals surface area contributed by atoms with Crippen molar-refractivity contribution in [3.8, 4) is 0 Å². The Balaban J connectivity index is 2.35. The van der Waals surface area contributed by atoms with E-state index >= 15 is 0 Å². The summed E-state index contributed by atoms with van der Waals surface area (Å²) >= 11 is 3.36. The Morgan fingerprint density at radius 3 is 2.50 bits per heavy atom. The molecule has 1 heterocycles. The Labute approximate surface area is 124 Å². The summed E-state index contributed by atoms with van der Waals surface area (Å²) < 4.78 is 28.2. The van der Waals surface area contributed by atoms with Gasteiger partial charge in [-0.3, -0.25) is 0 Å². The minimum Gasteiger partial charge on any atom is -0.368 e. The van der Waals surface area contributed by atoms with Gasteiger partial charge in [-0.05, 0) is 37.6 Å². The summed E-state index contributed by atoms with van der Waals surface area (Å²) in [7, 11) is 0. The lowest BCUT2D eigenvalue weighted by Gasteiger charge is -2.12. The second-order valence-corrected chi connectivity index (χ2v) is 5.18. The van der Waals surface area contributed by atoms with E-state index in [0.717, 1.165) is 16.1 Å². The first-order valence-corrected chi connectivity index (χ1v) is 6.93. The van der Waals surface area contributed by atoms with Crippen molar-refractivity contribution >= 4 is 33.3 Å².